The van der Waals surface area contributed by atoms with Crippen molar-refractivity contribution in [2.24, 2.45) is 5.41 Å². The fraction of sp³-hybridized carbons (Fsp3) is 0.562. The summed E-state index contributed by atoms with van der Waals surface area (Å²) in [6, 6.07) is 6.32. The van der Waals surface area contributed by atoms with Gasteiger partial charge < -0.3 is 4.74 Å². The largest absolute Gasteiger partial charge is 0.496 e. The molecule has 1 aliphatic carbocycles. The predicted octanol–water partition coefficient (Wildman–Crippen LogP) is 3.73. The summed E-state index contributed by atoms with van der Waals surface area (Å²) >= 11 is 0. The number of rotatable bonds is 5. The number of carbonyl (C=O) groups is 1. The van der Waals surface area contributed by atoms with Crippen LogP contribution in [-0.4, -0.2) is 12.9 Å². The van der Waals surface area contributed by atoms with Gasteiger partial charge in [-0.05, 0) is 49.3 Å². The third-order valence-electron chi connectivity index (χ3n) is 4.06. The zero-order chi connectivity index (χ0) is 13.3. The highest BCUT2D eigenvalue weighted by molar-refractivity contribution is 5.85. The first-order valence-corrected chi connectivity index (χ1v) is 6.66. The summed E-state index contributed by atoms with van der Waals surface area (Å²) < 4.78 is 5.39. The normalized spacial score (nSPS) is 16.7. The molecule has 2 rings (SSSR count). The minimum Gasteiger partial charge on any atom is -0.496 e. The molecule has 1 aromatic rings. The van der Waals surface area contributed by atoms with Gasteiger partial charge in [-0.25, -0.2) is 0 Å². The van der Waals surface area contributed by atoms with E-state index in [1.807, 2.05) is 6.07 Å². The van der Waals surface area contributed by atoms with E-state index in [9.17, 15) is 4.79 Å². The van der Waals surface area contributed by atoms with Gasteiger partial charge in [-0.15, -0.1) is 0 Å². The number of ketones is 1. The van der Waals surface area contributed by atoms with Crippen LogP contribution in [0.1, 0.15) is 50.7 Å². The van der Waals surface area contributed by atoms with Gasteiger partial charge in [0.2, 0.25) is 0 Å². The number of hydrogen-bond acceptors (Lipinski definition) is 2. The van der Waals surface area contributed by atoms with Crippen molar-refractivity contribution in [2.45, 2.75) is 46.0 Å². The highest BCUT2D eigenvalue weighted by atomic mass is 16.5. The first-order valence-electron chi connectivity index (χ1n) is 6.66. The van der Waals surface area contributed by atoms with Crippen LogP contribution in [0.3, 0.4) is 0 Å². The number of carbonyl (C=O) groups excluding carboxylic acids is 1. The lowest BCUT2D eigenvalue weighted by Crippen LogP contribution is -2.15. The maximum atomic E-state index is 11.6. The summed E-state index contributed by atoms with van der Waals surface area (Å²) in [7, 11) is 1.71. The molecular formula is C16H22O2. The highest BCUT2D eigenvalue weighted by Crippen LogP contribution is 2.49. The summed E-state index contributed by atoms with van der Waals surface area (Å²) in [4.78, 5) is 11.6. The molecule has 1 fully saturated rings. The van der Waals surface area contributed by atoms with Gasteiger partial charge in [0, 0.05) is 5.41 Å². The summed E-state index contributed by atoms with van der Waals surface area (Å²) in [5, 5.41) is 0. The molecule has 1 saturated carbocycles. The van der Waals surface area contributed by atoms with Crippen LogP contribution in [0.5, 0.6) is 5.75 Å². The van der Waals surface area contributed by atoms with Crippen molar-refractivity contribution in [1.29, 1.82) is 0 Å². The van der Waals surface area contributed by atoms with E-state index >= 15 is 0 Å². The lowest BCUT2D eigenvalue weighted by molar-refractivity contribution is -0.121. The number of Topliss-reactive ketones (excluding diaryl/α,β-unsaturated/α-hetero) is 1. The maximum absolute atomic E-state index is 11.6. The molecule has 2 nitrogen and oxygen atoms in total. The zero-order valence-electron chi connectivity index (χ0n) is 11.7. The molecule has 0 saturated heterocycles. The average Bonchev–Trinajstić information content (AvgIpc) is 3.10. The van der Waals surface area contributed by atoms with Crippen molar-refractivity contribution in [1.82, 2.24) is 0 Å². The van der Waals surface area contributed by atoms with E-state index in [0.29, 0.717) is 11.7 Å². The van der Waals surface area contributed by atoms with E-state index in [-0.39, 0.29) is 5.41 Å². The molecule has 1 aromatic carbocycles. The lowest BCUT2D eigenvalue weighted by Gasteiger charge is -2.16. The van der Waals surface area contributed by atoms with Crippen molar-refractivity contribution in [3.05, 3.63) is 29.3 Å². The van der Waals surface area contributed by atoms with E-state index in [0.717, 1.165) is 25.0 Å². The molecular weight excluding hydrogens is 224 g/mol. The van der Waals surface area contributed by atoms with Gasteiger partial charge >= 0.3 is 0 Å². The number of benzene rings is 1. The Kier molecular flexibility index (Phi) is 3.47. The van der Waals surface area contributed by atoms with Gasteiger partial charge in [-0.2, -0.15) is 0 Å². The monoisotopic (exact) mass is 246 g/mol. The summed E-state index contributed by atoms with van der Waals surface area (Å²) in [6.07, 6.45) is 2.97. The summed E-state index contributed by atoms with van der Waals surface area (Å²) in [5.41, 5.74) is 2.43. The maximum Gasteiger partial charge on any atom is 0.136 e. The van der Waals surface area contributed by atoms with Crippen molar-refractivity contribution < 1.29 is 9.53 Å². The second-order valence-corrected chi connectivity index (χ2v) is 5.74. The molecule has 0 heterocycles. The van der Waals surface area contributed by atoms with Gasteiger partial charge in [-0.3, -0.25) is 4.79 Å². The second-order valence-electron chi connectivity index (χ2n) is 5.74. The van der Waals surface area contributed by atoms with Crippen LogP contribution >= 0.6 is 0 Å². The van der Waals surface area contributed by atoms with Crippen molar-refractivity contribution in [2.75, 3.05) is 7.11 Å². The Hall–Kier alpha value is -1.31. The lowest BCUT2D eigenvalue weighted by atomic mass is 9.90. The van der Waals surface area contributed by atoms with Crippen LogP contribution in [0.25, 0.3) is 0 Å². The average molecular weight is 246 g/mol. The first-order chi connectivity index (χ1) is 8.48. The molecule has 1 aliphatic rings. The fourth-order valence-corrected chi connectivity index (χ4v) is 2.54. The Morgan fingerprint density at radius 1 is 1.39 bits per heavy atom. The van der Waals surface area contributed by atoms with Crippen LogP contribution in [0.2, 0.25) is 0 Å². The van der Waals surface area contributed by atoms with Gasteiger partial charge in [0.15, 0.2) is 0 Å². The third-order valence-corrected chi connectivity index (χ3v) is 4.06. The van der Waals surface area contributed by atoms with E-state index in [1.165, 1.54) is 11.1 Å². The highest BCUT2D eigenvalue weighted by Gasteiger charge is 2.46. The SMILES string of the molecule is COc1ccc(CC2(C(C)=O)CC2)cc1C(C)C. The van der Waals surface area contributed by atoms with E-state index in [1.54, 1.807) is 14.0 Å². The van der Waals surface area contributed by atoms with Crippen molar-refractivity contribution >= 4 is 5.78 Å². The van der Waals surface area contributed by atoms with Crippen molar-refractivity contribution in [3.8, 4) is 5.75 Å². The third kappa shape index (κ3) is 2.43. The molecule has 18 heavy (non-hydrogen) atoms. The Balaban J connectivity index is 2.25. The van der Waals surface area contributed by atoms with Gasteiger partial charge in [0.1, 0.15) is 11.5 Å². The van der Waals surface area contributed by atoms with E-state index < -0.39 is 0 Å². The second kappa shape index (κ2) is 4.75. The Morgan fingerprint density at radius 2 is 2.06 bits per heavy atom. The van der Waals surface area contributed by atoms with E-state index in [4.69, 9.17) is 4.74 Å². The van der Waals surface area contributed by atoms with Gasteiger partial charge in [0.05, 0.1) is 7.11 Å². The Morgan fingerprint density at radius 3 is 2.50 bits per heavy atom. The fourth-order valence-electron chi connectivity index (χ4n) is 2.54. The molecule has 0 aliphatic heterocycles. The Labute approximate surface area is 109 Å². The molecule has 0 spiro atoms. The molecule has 0 N–H and O–H groups in total. The Bertz CT molecular complexity index is 456. The van der Waals surface area contributed by atoms with Crippen LogP contribution in [-0.2, 0) is 11.2 Å². The van der Waals surface area contributed by atoms with Gasteiger partial charge in [-0.1, -0.05) is 26.0 Å². The zero-order valence-corrected chi connectivity index (χ0v) is 11.7. The molecule has 0 amide bonds. The molecule has 0 bridgehead atoms. The number of ether oxygens (including phenoxy) is 1. The molecule has 0 atom stereocenters. The molecule has 0 radical (unpaired) electrons. The van der Waals surface area contributed by atoms with Crippen LogP contribution in [0.15, 0.2) is 18.2 Å². The van der Waals surface area contributed by atoms with Crippen LogP contribution in [0, 0.1) is 5.41 Å². The minimum atomic E-state index is -0.0527. The molecule has 0 aromatic heterocycles. The quantitative estimate of drug-likeness (QED) is 0.791. The predicted molar refractivity (Wildman–Crippen MR) is 73.1 cm³/mol. The van der Waals surface area contributed by atoms with Crippen LogP contribution < -0.4 is 4.74 Å². The summed E-state index contributed by atoms with van der Waals surface area (Å²) in [5.74, 6) is 1.72. The molecule has 98 valence electrons. The minimum absolute atomic E-state index is 0.0527. The smallest absolute Gasteiger partial charge is 0.136 e. The topological polar surface area (TPSA) is 26.3 Å². The number of methoxy groups -OCH3 is 1. The van der Waals surface area contributed by atoms with Crippen LogP contribution in [0.4, 0.5) is 0 Å². The standard InChI is InChI=1S/C16H22O2/c1-11(2)14-9-13(5-6-15(14)18-4)10-16(7-8-16)12(3)17/h5-6,9,11H,7-8,10H2,1-4H3. The summed E-state index contributed by atoms with van der Waals surface area (Å²) in [6.45, 7) is 6.05. The number of hydrogen-bond donors (Lipinski definition) is 0. The molecule has 0 unspecified atom stereocenters. The van der Waals surface area contributed by atoms with Crippen molar-refractivity contribution in [3.63, 3.8) is 0 Å². The van der Waals surface area contributed by atoms with E-state index in [2.05, 4.69) is 26.0 Å². The van der Waals surface area contributed by atoms with Gasteiger partial charge in [0.25, 0.3) is 0 Å². The molecule has 2 heteroatoms. The first kappa shape index (κ1) is 13.1.